The number of hydrogen-bond acceptors (Lipinski definition) is 4. The van der Waals surface area contributed by atoms with Crippen molar-refractivity contribution in [1.82, 2.24) is 0 Å². The summed E-state index contributed by atoms with van der Waals surface area (Å²) in [6.07, 6.45) is 0. The van der Waals surface area contributed by atoms with Crippen LogP contribution in [-0.2, 0) is 4.79 Å². The van der Waals surface area contributed by atoms with Crippen molar-refractivity contribution >= 4 is 23.4 Å². The number of benzene rings is 2. The fourth-order valence-electron chi connectivity index (χ4n) is 1.76. The van der Waals surface area contributed by atoms with Gasteiger partial charge in [0.05, 0.1) is 5.56 Å². The summed E-state index contributed by atoms with van der Waals surface area (Å²) in [5, 5.41) is 9.90. The fraction of sp³-hybridized carbons (Fsp3) is 0.0625. The van der Waals surface area contributed by atoms with Crippen LogP contribution in [0.4, 0.5) is 5.69 Å². The fourth-order valence-corrected chi connectivity index (χ4v) is 1.76. The molecule has 0 heterocycles. The second kappa shape index (κ2) is 6.53. The minimum absolute atomic E-state index is 0.0496. The molecule has 6 heteroatoms. The molecule has 0 saturated heterocycles. The number of ether oxygens (including phenoxy) is 1. The zero-order valence-electron chi connectivity index (χ0n) is 11.9. The van der Waals surface area contributed by atoms with Crippen molar-refractivity contribution in [3.63, 3.8) is 0 Å². The Morgan fingerprint density at radius 1 is 1.00 bits per heavy atom. The predicted octanol–water partition coefficient (Wildman–Crippen LogP) is 2.15. The maximum atomic E-state index is 12.0. The Kier molecular flexibility index (Phi) is 4.53. The van der Waals surface area contributed by atoms with Crippen LogP contribution >= 0.6 is 0 Å². The zero-order chi connectivity index (χ0) is 16.1. The summed E-state index contributed by atoms with van der Waals surface area (Å²) in [5.41, 5.74) is 6.88. The molecule has 0 aromatic heterocycles. The van der Waals surface area contributed by atoms with Gasteiger partial charge in [-0.1, -0.05) is 0 Å². The smallest absolute Gasteiger partial charge is 0.343 e. The normalized spacial score (nSPS) is 9.86. The Balaban J connectivity index is 2.05. The van der Waals surface area contributed by atoms with Crippen LogP contribution in [0.15, 0.2) is 48.5 Å². The molecule has 0 bridgehead atoms. The second-order valence-electron chi connectivity index (χ2n) is 4.59. The average molecular weight is 297 g/mol. The van der Waals surface area contributed by atoms with Crippen LogP contribution < -0.4 is 15.8 Å². The molecular weight excluding hydrogens is 282 g/mol. The van der Waals surface area contributed by atoms with Gasteiger partial charge < -0.3 is 15.8 Å². The lowest BCUT2D eigenvalue weighted by Gasteiger charge is -2.06. The van der Waals surface area contributed by atoms with Crippen LogP contribution in [0.1, 0.15) is 22.8 Å². The van der Waals surface area contributed by atoms with Crippen LogP contribution in [0.25, 0.3) is 0 Å². The van der Waals surface area contributed by atoms with Crippen LogP contribution in [0.2, 0.25) is 0 Å². The van der Waals surface area contributed by atoms with Gasteiger partial charge in [0.2, 0.25) is 5.91 Å². The van der Waals surface area contributed by atoms with Gasteiger partial charge in [0.1, 0.15) is 11.6 Å². The number of carbonyl (C=O) groups is 2. The third-order valence-electron chi connectivity index (χ3n) is 2.82. The summed E-state index contributed by atoms with van der Waals surface area (Å²) < 4.78 is 5.22. The number of hydrogen-bond donors (Lipinski definition) is 3. The molecule has 0 saturated carbocycles. The number of nitrogen functional groups attached to an aromatic ring is 1. The second-order valence-corrected chi connectivity index (χ2v) is 4.59. The number of anilines is 1. The lowest BCUT2D eigenvalue weighted by atomic mass is 10.2. The van der Waals surface area contributed by atoms with Gasteiger partial charge in [0.15, 0.2) is 0 Å². The maximum Gasteiger partial charge on any atom is 0.343 e. The van der Waals surface area contributed by atoms with Crippen LogP contribution in [0.5, 0.6) is 5.75 Å². The van der Waals surface area contributed by atoms with E-state index in [1.165, 1.54) is 6.92 Å². The highest BCUT2D eigenvalue weighted by Gasteiger charge is 2.09. The van der Waals surface area contributed by atoms with Crippen molar-refractivity contribution in [3.05, 3.63) is 59.7 Å². The molecule has 22 heavy (non-hydrogen) atoms. The summed E-state index contributed by atoms with van der Waals surface area (Å²) in [6.45, 7) is 1.41. The zero-order valence-corrected chi connectivity index (χ0v) is 11.9. The molecule has 112 valence electrons. The number of nitrogens with one attached hydrogen (secondary N) is 2. The summed E-state index contributed by atoms with van der Waals surface area (Å²) in [5.74, 6) is -0.377. The van der Waals surface area contributed by atoms with Gasteiger partial charge in [0, 0.05) is 18.2 Å². The first kappa shape index (κ1) is 15.2. The highest BCUT2D eigenvalue weighted by Crippen LogP contribution is 2.15. The molecule has 2 aromatic rings. The summed E-state index contributed by atoms with van der Waals surface area (Å²) in [7, 11) is 0. The SMILES string of the molecule is CC(=O)Nc1ccc(C(=O)Oc2ccc(C(=N)N)cc2)cc1. The number of esters is 1. The monoisotopic (exact) mass is 297 g/mol. The van der Waals surface area contributed by atoms with Crippen molar-refractivity contribution in [2.24, 2.45) is 5.73 Å². The van der Waals surface area contributed by atoms with Crippen molar-refractivity contribution in [3.8, 4) is 5.75 Å². The van der Waals surface area contributed by atoms with Crippen molar-refractivity contribution in [2.45, 2.75) is 6.92 Å². The average Bonchev–Trinajstić information content (AvgIpc) is 2.48. The predicted molar refractivity (Wildman–Crippen MR) is 83.2 cm³/mol. The summed E-state index contributed by atoms with van der Waals surface area (Å²) in [6, 6.07) is 12.7. The first-order valence-electron chi connectivity index (χ1n) is 6.50. The van der Waals surface area contributed by atoms with E-state index in [2.05, 4.69) is 5.32 Å². The van der Waals surface area contributed by atoms with E-state index >= 15 is 0 Å². The largest absolute Gasteiger partial charge is 0.423 e. The van der Waals surface area contributed by atoms with Gasteiger partial charge in [-0.2, -0.15) is 0 Å². The molecule has 0 aliphatic carbocycles. The number of rotatable bonds is 4. The van der Waals surface area contributed by atoms with Gasteiger partial charge in [-0.05, 0) is 48.5 Å². The van der Waals surface area contributed by atoms with Crippen molar-refractivity contribution in [2.75, 3.05) is 5.32 Å². The van der Waals surface area contributed by atoms with E-state index < -0.39 is 5.97 Å². The van der Waals surface area contributed by atoms with E-state index in [4.69, 9.17) is 15.9 Å². The van der Waals surface area contributed by atoms with Crippen molar-refractivity contribution < 1.29 is 14.3 Å². The Bertz CT molecular complexity index is 706. The third-order valence-corrected chi connectivity index (χ3v) is 2.82. The molecule has 0 radical (unpaired) electrons. The highest BCUT2D eigenvalue weighted by molar-refractivity contribution is 5.95. The number of nitrogens with two attached hydrogens (primary N) is 1. The maximum absolute atomic E-state index is 12.0. The van der Waals surface area contributed by atoms with E-state index in [-0.39, 0.29) is 11.7 Å². The van der Waals surface area contributed by atoms with Gasteiger partial charge >= 0.3 is 5.97 Å². The quantitative estimate of drug-likeness (QED) is 0.348. The van der Waals surface area contributed by atoms with E-state index in [9.17, 15) is 9.59 Å². The van der Waals surface area contributed by atoms with Gasteiger partial charge in [-0.25, -0.2) is 4.79 Å². The number of amides is 1. The first-order chi connectivity index (χ1) is 10.5. The van der Waals surface area contributed by atoms with Crippen LogP contribution in [0, 0.1) is 5.41 Å². The highest BCUT2D eigenvalue weighted by atomic mass is 16.5. The van der Waals surface area contributed by atoms with E-state index in [0.29, 0.717) is 22.6 Å². The molecule has 0 aliphatic heterocycles. The first-order valence-corrected chi connectivity index (χ1v) is 6.50. The third kappa shape index (κ3) is 3.92. The van der Waals surface area contributed by atoms with Gasteiger partial charge in [0.25, 0.3) is 0 Å². The Morgan fingerprint density at radius 3 is 2.05 bits per heavy atom. The minimum atomic E-state index is -0.509. The Labute approximate surface area is 127 Å². The molecule has 2 aromatic carbocycles. The molecule has 0 unspecified atom stereocenters. The molecule has 6 nitrogen and oxygen atoms in total. The molecule has 2 rings (SSSR count). The van der Waals surface area contributed by atoms with E-state index in [1.807, 2.05) is 0 Å². The number of carbonyl (C=O) groups excluding carboxylic acids is 2. The molecule has 1 amide bonds. The molecule has 4 N–H and O–H groups in total. The molecule has 0 atom stereocenters. The molecule has 0 fully saturated rings. The topological polar surface area (TPSA) is 105 Å². The van der Waals surface area contributed by atoms with E-state index in [0.717, 1.165) is 0 Å². The standard InChI is InChI=1S/C16H15N3O3/c1-10(20)19-13-6-2-12(3-7-13)16(21)22-14-8-4-11(5-9-14)15(17)18/h2-9H,1H3,(H3,17,18)(H,19,20). The molecule has 0 aliphatic rings. The Hall–Kier alpha value is -3.15. The van der Waals surface area contributed by atoms with E-state index in [1.54, 1.807) is 48.5 Å². The number of amidine groups is 1. The van der Waals surface area contributed by atoms with Crippen molar-refractivity contribution in [1.29, 1.82) is 5.41 Å². The van der Waals surface area contributed by atoms with Crippen LogP contribution in [0.3, 0.4) is 0 Å². The minimum Gasteiger partial charge on any atom is -0.423 e. The molecule has 0 spiro atoms. The summed E-state index contributed by atoms with van der Waals surface area (Å²) >= 11 is 0. The van der Waals surface area contributed by atoms with Crippen LogP contribution in [-0.4, -0.2) is 17.7 Å². The molecular formula is C16H15N3O3. The van der Waals surface area contributed by atoms with Gasteiger partial charge in [-0.15, -0.1) is 0 Å². The lowest BCUT2D eigenvalue weighted by Crippen LogP contribution is -2.12. The van der Waals surface area contributed by atoms with Gasteiger partial charge in [-0.3, -0.25) is 10.2 Å². The summed E-state index contributed by atoms with van der Waals surface area (Å²) in [4.78, 5) is 22.9. The Morgan fingerprint density at radius 2 is 1.55 bits per heavy atom. The lowest BCUT2D eigenvalue weighted by molar-refractivity contribution is -0.114.